The molecule has 4 rings (SSSR count). The van der Waals surface area contributed by atoms with Gasteiger partial charge in [0.05, 0.1) is 16.4 Å². The number of piperidine rings is 1. The first-order valence-corrected chi connectivity index (χ1v) is 11.0. The van der Waals surface area contributed by atoms with Crippen LogP contribution in [-0.4, -0.2) is 34.0 Å². The molecule has 2 aromatic heterocycles. The van der Waals surface area contributed by atoms with Gasteiger partial charge >= 0.3 is 0 Å². The molecule has 1 aliphatic heterocycles. The van der Waals surface area contributed by atoms with E-state index in [9.17, 15) is 4.79 Å². The Morgan fingerprint density at radius 1 is 1.36 bits per heavy atom. The monoisotopic (exact) mass is 480 g/mol. The average molecular weight is 482 g/mol. The number of amides is 1. The number of likely N-dealkylation sites (tertiary alicyclic amines) is 1. The molecule has 1 aromatic carbocycles. The van der Waals surface area contributed by atoms with E-state index in [1.807, 2.05) is 29.6 Å². The number of carbonyl (C=O) groups excluding carboxylic acids is 1. The highest BCUT2D eigenvalue weighted by Gasteiger charge is 2.26. The third-order valence-corrected chi connectivity index (χ3v) is 6.81. The highest BCUT2D eigenvalue weighted by Crippen LogP contribution is 2.27. The van der Waals surface area contributed by atoms with Crippen LogP contribution < -0.4 is 5.32 Å². The molecule has 0 saturated carbocycles. The molecule has 146 valence electrons. The van der Waals surface area contributed by atoms with E-state index in [2.05, 4.69) is 36.3 Å². The Balaban J connectivity index is 1.28. The summed E-state index contributed by atoms with van der Waals surface area (Å²) in [7, 11) is 0. The molecule has 1 aliphatic rings. The van der Waals surface area contributed by atoms with Crippen molar-refractivity contribution in [3.8, 4) is 10.7 Å². The van der Waals surface area contributed by atoms with E-state index >= 15 is 0 Å². The van der Waals surface area contributed by atoms with Gasteiger partial charge in [0, 0.05) is 16.1 Å². The molecular formula is C19H18BrClN4O2S. The molecule has 1 fully saturated rings. The maximum atomic E-state index is 12.5. The summed E-state index contributed by atoms with van der Waals surface area (Å²) < 4.78 is 6.18. The maximum absolute atomic E-state index is 12.5. The second-order valence-electron chi connectivity index (χ2n) is 6.66. The van der Waals surface area contributed by atoms with Gasteiger partial charge in [0.2, 0.25) is 17.6 Å². The predicted octanol–water partition coefficient (Wildman–Crippen LogP) is 5.06. The van der Waals surface area contributed by atoms with Gasteiger partial charge in [-0.3, -0.25) is 9.69 Å². The lowest BCUT2D eigenvalue weighted by Gasteiger charge is -2.30. The van der Waals surface area contributed by atoms with Crippen molar-refractivity contribution in [3.63, 3.8) is 0 Å². The number of nitrogens with zero attached hydrogens (tertiary/aromatic N) is 3. The molecule has 1 N–H and O–H groups in total. The fourth-order valence-electron chi connectivity index (χ4n) is 3.19. The zero-order valence-electron chi connectivity index (χ0n) is 14.9. The van der Waals surface area contributed by atoms with Gasteiger partial charge in [-0.15, -0.1) is 11.3 Å². The van der Waals surface area contributed by atoms with Crippen molar-refractivity contribution in [1.29, 1.82) is 0 Å². The van der Waals surface area contributed by atoms with Gasteiger partial charge in [0.15, 0.2) is 0 Å². The first kappa shape index (κ1) is 19.6. The Hall–Kier alpha value is -1.74. The van der Waals surface area contributed by atoms with Crippen molar-refractivity contribution in [2.24, 2.45) is 5.92 Å². The Bertz CT molecular complexity index is 955. The summed E-state index contributed by atoms with van der Waals surface area (Å²) in [6.07, 6.45) is 1.59. The SMILES string of the molecule is O=C(Nc1ccc(Br)c(Cl)c1)C1CCN(Cc2nc(-c3cccs3)no2)CC1. The largest absolute Gasteiger partial charge is 0.338 e. The molecule has 6 nitrogen and oxygen atoms in total. The van der Waals surface area contributed by atoms with Crippen LogP contribution in [0.2, 0.25) is 5.02 Å². The van der Waals surface area contributed by atoms with Crippen LogP contribution in [0.3, 0.4) is 0 Å². The first-order valence-electron chi connectivity index (χ1n) is 8.93. The van der Waals surface area contributed by atoms with Crippen LogP contribution in [0.15, 0.2) is 44.7 Å². The summed E-state index contributed by atoms with van der Waals surface area (Å²) in [6, 6.07) is 9.36. The van der Waals surface area contributed by atoms with E-state index in [0.29, 0.717) is 29.0 Å². The minimum Gasteiger partial charge on any atom is -0.338 e. The van der Waals surface area contributed by atoms with Crippen molar-refractivity contribution < 1.29 is 9.32 Å². The van der Waals surface area contributed by atoms with Crippen molar-refractivity contribution >= 4 is 50.5 Å². The molecule has 1 saturated heterocycles. The zero-order chi connectivity index (χ0) is 19.5. The molecule has 28 heavy (non-hydrogen) atoms. The number of hydrogen-bond donors (Lipinski definition) is 1. The third kappa shape index (κ3) is 4.63. The van der Waals surface area contributed by atoms with Gasteiger partial charge in [0.1, 0.15) is 0 Å². The lowest BCUT2D eigenvalue weighted by molar-refractivity contribution is -0.121. The van der Waals surface area contributed by atoms with Crippen molar-refractivity contribution in [2.45, 2.75) is 19.4 Å². The van der Waals surface area contributed by atoms with Crippen LogP contribution in [0.5, 0.6) is 0 Å². The van der Waals surface area contributed by atoms with Crippen LogP contribution >= 0.6 is 38.9 Å². The summed E-state index contributed by atoms with van der Waals surface area (Å²) in [6.45, 7) is 2.24. The van der Waals surface area contributed by atoms with E-state index in [1.165, 1.54) is 0 Å². The molecule has 0 bridgehead atoms. The first-order chi connectivity index (χ1) is 13.6. The Kier molecular flexibility index (Phi) is 6.10. The van der Waals surface area contributed by atoms with Gasteiger partial charge in [-0.1, -0.05) is 22.8 Å². The predicted molar refractivity (Wildman–Crippen MR) is 113 cm³/mol. The summed E-state index contributed by atoms with van der Waals surface area (Å²) in [5.74, 6) is 1.27. The molecule has 0 atom stereocenters. The van der Waals surface area contributed by atoms with Gasteiger partial charge in [-0.05, 0) is 71.5 Å². The second kappa shape index (κ2) is 8.73. The lowest BCUT2D eigenvalue weighted by Crippen LogP contribution is -2.37. The van der Waals surface area contributed by atoms with Crippen molar-refractivity contribution in [3.05, 3.63) is 51.1 Å². The van der Waals surface area contributed by atoms with Crippen LogP contribution in [0, 0.1) is 5.92 Å². The Morgan fingerprint density at radius 2 is 2.18 bits per heavy atom. The van der Waals surface area contributed by atoms with Gasteiger partial charge < -0.3 is 9.84 Å². The number of rotatable bonds is 5. The highest BCUT2D eigenvalue weighted by atomic mass is 79.9. The smallest absolute Gasteiger partial charge is 0.241 e. The van der Waals surface area contributed by atoms with E-state index < -0.39 is 0 Å². The Morgan fingerprint density at radius 3 is 2.89 bits per heavy atom. The van der Waals surface area contributed by atoms with Gasteiger partial charge in [0.25, 0.3) is 0 Å². The summed E-state index contributed by atoms with van der Waals surface area (Å²) in [5, 5.41) is 9.57. The summed E-state index contributed by atoms with van der Waals surface area (Å²) in [5.41, 5.74) is 0.715. The minimum absolute atomic E-state index is 0.0111. The number of aromatic nitrogens is 2. The summed E-state index contributed by atoms with van der Waals surface area (Å²) >= 11 is 11.0. The molecule has 3 heterocycles. The minimum atomic E-state index is -0.0111. The standard InChI is InChI=1S/C19H18BrClN4O2S/c20-14-4-3-13(10-15(14)21)22-19(26)12-5-7-25(8-6-12)11-17-23-18(24-27-17)16-2-1-9-28-16/h1-4,9-10,12H,5-8,11H2,(H,22,26). The maximum Gasteiger partial charge on any atom is 0.241 e. The van der Waals surface area contributed by atoms with E-state index in [-0.39, 0.29) is 11.8 Å². The number of hydrogen-bond acceptors (Lipinski definition) is 6. The molecule has 0 spiro atoms. The fraction of sp³-hybridized carbons (Fsp3) is 0.316. The third-order valence-electron chi connectivity index (χ3n) is 4.71. The topological polar surface area (TPSA) is 71.3 Å². The number of carbonyl (C=O) groups is 1. The number of anilines is 1. The molecule has 9 heteroatoms. The number of thiophene rings is 1. The number of nitrogens with one attached hydrogen (secondary N) is 1. The molecule has 3 aromatic rings. The number of halogens is 2. The van der Waals surface area contributed by atoms with Gasteiger partial charge in [-0.25, -0.2) is 0 Å². The average Bonchev–Trinajstić information content (AvgIpc) is 3.37. The van der Waals surface area contributed by atoms with Crippen molar-refractivity contribution in [1.82, 2.24) is 15.0 Å². The van der Waals surface area contributed by atoms with Crippen LogP contribution in [0.1, 0.15) is 18.7 Å². The van der Waals surface area contributed by atoms with E-state index in [4.69, 9.17) is 16.1 Å². The van der Waals surface area contributed by atoms with Crippen molar-refractivity contribution in [2.75, 3.05) is 18.4 Å². The number of benzene rings is 1. The molecule has 0 radical (unpaired) electrons. The lowest BCUT2D eigenvalue weighted by atomic mass is 9.96. The fourth-order valence-corrected chi connectivity index (χ4v) is 4.26. The highest BCUT2D eigenvalue weighted by molar-refractivity contribution is 9.10. The molecule has 0 aliphatic carbocycles. The van der Waals surface area contributed by atoms with E-state index in [0.717, 1.165) is 35.3 Å². The molecule has 1 amide bonds. The van der Waals surface area contributed by atoms with Crippen LogP contribution in [-0.2, 0) is 11.3 Å². The summed E-state index contributed by atoms with van der Waals surface area (Å²) in [4.78, 5) is 20.2. The normalized spacial score (nSPS) is 15.6. The Labute approximate surface area is 180 Å². The van der Waals surface area contributed by atoms with E-state index in [1.54, 1.807) is 17.4 Å². The zero-order valence-corrected chi connectivity index (χ0v) is 18.1. The molecule has 0 unspecified atom stereocenters. The van der Waals surface area contributed by atoms with Crippen LogP contribution in [0.25, 0.3) is 10.7 Å². The second-order valence-corrected chi connectivity index (χ2v) is 8.87. The van der Waals surface area contributed by atoms with Crippen LogP contribution in [0.4, 0.5) is 5.69 Å². The molecular weight excluding hydrogens is 464 g/mol. The van der Waals surface area contributed by atoms with Gasteiger partial charge in [-0.2, -0.15) is 4.98 Å². The quantitative estimate of drug-likeness (QED) is 0.551.